The second kappa shape index (κ2) is 8.66. The van der Waals surface area contributed by atoms with Gasteiger partial charge >= 0.3 is 0 Å². The molecule has 0 aliphatic carbocycles. The average molecular weight is 363 g/mol. The van der Waals surface area contributed by atoms with Gasteiger partial charge in [0.15, 0.2) is 0 Å². The lowest BCUT2D eigenvalue weighted by molar-refractivity contribution is -0.384. The van der Waals surface area contributed by atoms with Crippen LogP contribution >= 0.6 is 11.8 Å². The summed E-state index contributed by atoms with van der Waals surface area (Å²) < 4.78 is 0. The Bertz CT molecular complexity index is 673. The SMILES string of the molecule is CC(C)CNC(=O)C1CSCN1C(=O)C=Cc1ccc([N+](=O)[O-])cc1. The number of non-ortho nitro benzene ring substituents is 1. The fraction of sp³-hybridized carbons (Fsp3) is 0.412. The Morgan fingerprint density at radius 2 is 2.08 bits per heavy atom. The van der Waals surface area contributed by atoms with Gasteiger partial charge in [-0.3, -0.25) is 19.7 Å². The van der Waals surface area contributed by atoms with E-state index in [1.54, 1.807) is 34.9 Å². The summed E-state index contributed by atoms with van der Waals surface area (Å²) in [6.07, 6.45) is 2.99. The van der Waals surface area contributed by atoms with Crippen molar-refractivity contribution in [1.82, 2.24) is 10.2 Å². The van der Waals surface area contributed by atoms with Crippen LogP contribution in [0.3, 0.4) is 0 Å². The van der Waals surface area contributed by atoms with Gasteiger partial charge in [-0.2, -0.15) is 0 Å². The van der Waals surface area contributed by atoms with Gasteiger partial charge in [0, 0.05) is 30.5 Å². The van der Waals surface area contributed by atoms with Gasteiger partial charge in [-0.1, -0.05) is 13.8 Å². The van der Waals surface area contributed by atoms with Crippen molar-refractivity contribution in [3.8, 4) is 0 Å². The van der Waals surface area contributed by atoms with Gasteiger partial charge in [-0.15, -0.1) is 11.8 Å². The first kappa shape index (κ1) is 19.0. The molecule has 1 aliphatic heterocycles. The molecule has 1 fully saturated rings. The van der Waals surface area contributed by atoms with Crippen LogP contribution in [-0.2, 0) is 9.59 Å². The number of hydrogen-bond acceptors (Lipinski definition) is 5. The Hall–Kier alpha value is -2.35. The number of thioether (sulfide) groups is 1. The minimum Gasteiger partial charge on any atom is -0.354 e. The van der Waals surface area contributed by atoms with Crippen LogP contribution in [0.5, 0.6) is 0 Å². The number of nitrogens with one attached hydrogen (secondary N) is 1. The lowest BCUT2D eigenvalue weighted by atomic mass is 10.2. The van der Waals surface area contributed by atoms with Gasteiger partial charge in [-0.05, 0) is 29.7 Å². The van der Waals surface area contributed by atoms with Gasteiger partial charge < -0.3 is 10.2 Å². The van der Waals surface area contributed by atoms with Crippen molar-refractivity contribution in [2.24, 2.45) is 5.92 Å². The minimum atomic E-state index is -0.472. The number of amides is 2. The van der Waals surface area contributed by atoms with Crippen molar-refractivity contribution < 1.29 is 14.5 Å². The van der Waals surface area contributed by atoms with E-state index in [0.717, 1.165) is 0 Å². The van der Waals surface area contributed by atoms with Crippen molar-refractivity contribution in [2.45, 2.75) is 19.9 Å². The molecule has 1 aromatic rings. The summed E-state index contributed by atoms with van der Waals surface area (Å²) in [5.41, 5.74) is 0.688. The van der Waals surface area contributed by atoms with Gasteiger partial charge in [0.1, 0.15) is 6.04 Å². The fourth-order valence-electron chi connectivity index (χ4n) is 2.27. The third-order valence-corrected chi connectivity index (χ3v) is 4.69. The topological polar surface area (TPSA) is 92.6 Å². The van der Waals surface area contributed by atoms with Crippen LogP contribution in [0.2, 0.25) is 0 Å². The highest BCUT2D eigenvalue weighted by Gasteiger charge is 2.33. The fourth-order valence-corrected chi connectivity index (χ4v) is 3.43. The average Bonchev–Trinajstić information content (AvgIpc) is 3.07. The maximum Gasteiger partial charge on any atom is 0.269 e. The molecule has 1 saturated heterocycles. The maximum atomic E-state index is 12.4. The highest BCUT2D eigenvalue weighted by atomic mass is 32.2. The van der Waals surface area contributed by atoms with E-state index in [-0.39, 0.29) is 17.5 Å². The number of nitro benzene ring substituents is 1. The van der Waals surface area contributed by atoms with E-state index < -0.39 is 11.0 Å². The van der Waals surface area contributed by atoms with Crippen LogP contribution in [0.15, 0.2) is 30.3 Å². The number of nitrogens with zero attached hydrogens (tertiary/aromatic N) is 2. The summed E-state index contributed by atoms with van der Waals surface area (Å²) in [5, 5.41) is 13.5. The summed E-state index contributed by atoms with van der Waals surface area (Å²) >= 11 is 1.54. The highest BCUT2D eigenvalue weighted by Crippen LogP contribution is 2.22. The standard InChI is InChI=1S/C17H21N3O4S/c1-12(2)9-18-17(22)15-10-25-11-19(15)16(21)8-5-13-3-6-14(7-4-13)20(23)24/h3-8,12,15H,9-11H2,1-2H3,(H,18,22). The number of carbonyl (C=O) groups is 2. The first-order valence-corrected chi connectivity index (χ1v) is 9.12. The van der Waals surface area contributed by atoms with Crippen LogP contribution in [0.4, 0.5) is 5.69 Å². The molecule has 25 heavy (non-hydrogen) atoms. The first-order chi connectivity index (χ1) is 11.9. The number of rotatable bonds is 6. The van der Waals surface area contributed by atoms with Crippen LogP contribution in [0, 0.1) is 16.0 Å². The Morgan fingerprint density at radius 3 is 2.68 bits per heavy atom. The molecule has 0 bridgehead atoms. The largest absolute Gasteiger partial charge is 0.354 e. The maximum absolute atomic E-state index is 12.4. The zero-order valence-corrected chi connectivity index (χ0v) is 15.0. The molecule has 2 amide bonds. The zero-order chi connectivity index (χ0) is 18.4. The first-order valence-electron chi connectivity index (χ1n) is 7.97. The van der Waals surface area contributed by atoms with E-state index in [1.165, 1.54) is 18.2 Å². The van der Waals surface area contributed by atoms with Gasteiger partial charge in [0.2, 0.25) is 11.8 Å². The predicted molar refractivity (Wildman–Crippen MR) is 97.9 cm³/mol. The van der Waals surface area contributed by atoms with E-state index in [1.807, 2.05) is 13.8 Å². The summed E-state index contributed by atoms with van der Waals surface area (Å²) in [4.78, 5) is 36.3. The van der Waals surface area contributed by atoms with E-state index >= 15 is 0 Å². The zero-order valence-electron chi connectivity index (χ0n) is 14.2. The van der Waals surface area contributed by atoms with E-state index in [2.05, 4.69) is 5.32 Å². The van der Waals surface area contributed by atoms with Gasteiger partial charge in [0.25, 0.3) is 5.69 Å². The second-order valence-electron chi connectivity index (χ2n) is 6.14. The Labute approximate surface area is 150 Å². The quantitative estimate of drug-likeness (QED) is 0.475. The van der Waals surface area contributed by atoms with E-state index in [9.17, 15) is 19.7 Å². The molecule has 7 nitrogen and oxygen atoms in total. The summed E-state index contributed by atoms with van der Waals surface area (Å²) in [7, 11) is 0. The van der Waals surface area contributed by atoms with Gasteiger partial charge in [-0.25, -0.2) is 0 Å². The summed E-state index contributed by atoms with van der Waals surface area (Å²) in [5.74, 6) is 1.04. The second-order valence-corrected chi connectivity index (χ2v) is 7.14. The van der Waals surface area contributed by atoms with Crippen molar-refractivity contribution >= 4 is 35.3 Å². The van der Waals surface area contributed by atoms with Gasteiger partial charge in [0.05, 0.1) is 10.8 Å². The van der Waals surface area contributed by atoms with Crippen molar-refractivity contribution in [1.29, 1.82) is 0 Å². The number of benzene rings is 1. The Morgan fingerprint density at radius 1 is 1.40 bits per heavy atom. The molecule has 8 heteroatoms. The number of hydrogen-bond donors (Lipinski definition) is 1. The van der Waals surface area contributed by atoms with Crippen molar-refractivity contribution in [2.75, 3.05) is 18.2 Å². The molecule has 1 aromatic carbocycles. The molecule has 134 valence electrons. The van der Waals surface area contributed by atoms with Crippen molar-refractivity contribution in [3.05, 3.63) is 46.0 Å². The number of nitro groups is 1. The lowest BCUT2D eigenvalue weighted by Crippen LogP contribution is -2.47. The molecule has 1 atom stereocenters. The third kappa shape index (κ3) is 5.32. The minimum absolute atomic E-state index is 0.00121. The Kier molecular flexibility index (Phi) is 6.58. The third-order valence-electron chi connectivity index (χ3n) is 3.67. The smallest absolute Gasteiger partial charge is 0.269 e. The normalized spacial score (nSPS) is 17.2. The molecule has 1 unspecified atom stereocenters. The van der Waals surface area contributed by atoms with Crippen molar-refractivity contribution in [3.63, 3.8) is 0 Å². The van der Waals surface area contributed by atoms with Crippen LogP contribution in [0.1, 0.15) is 19.4 Å². The highest BCUT2D eigenvalue weighted by molar-refractivity contribution is 7.99. The van der Waals surface area contributed by atoms with E-state index in [0.29, 0.717) is 29.7 Å². The Balaban J connectivity index is 1.98. The monoisotopic (exact) mass is 363 g/mol. The summed E-state index contributed by atoms with van der Waals surface area (Å²) in [6.45, 7) is 4.61. The molecule has 0 spiro atoms. The molecule has 1 aliphatic rings. The molecule has 0 radical (unpaired) electrons. The lowest BCUT2D eigenvalue weighted by Gasteiger charge is -2.22. The van der Waals surface area contributed by atoms with E-state index in [4.69, 9.17) is 0 Å². The van der Waals surface area contributed by atoms with Crippen LogP contribution < -0.4 is 5.32 Å². The molecular formula is C17H21N3O4S. The molecule has 0 aromatic heterocycles. The van der Waals surface area contributed by atoms with Crippen LogP contribution in [0.25, 0.3) is 6.08 Å². The molecular weight excluding hydrogens is 342 g/mol. The molecule has 0 saturated carbocycles. The summed E-state index contributed by atoms with van der Waals surface area (Å²) in [6, 6.07) is 5.47. The molecule has 1 N–H and O–H groups in total. The molecule has 2 rings (SSSR count). The predicted octanol–water partition coefficient (Wildman–Crippen LogP) is 2.28. The van der Waals surface area contributed by atoms with Crippen LogP contribution in [-0.4, -0.2) is 45.9 Å². The molecule has 1 heterocycles. The number of carbonyl (C=O) groups excluding carboxylic acids is 2.